The Bertz CT molecular complexity index is 565. The van der Waals surface area contributed by atoms with Gasteiger partial charge < -0.3 is 4.74 Å². The van der Waals surface area contributed by atoms with E-state index >= 15 is 0 Å². The van der Waals surface area contributed by atoms with E-state index < -0.39 is 40.6 Å². The second-order valence-corrected chi connectivity index (χ2v) is 8.66. The number of carbonyl (C=O) groups excluding carboxylic acids is 3. The maximum atomic E-state index is 12.9. The van der Waals surface area contributed by atoms with Gasteiger partial charge in [-0.2, -0.15) is 0 Å². The minimum Gasteiger partial charge on any atom is -0.444 e. The van der Waals surface area contributed by atoms with Gasteiger partial charge in [0.2, 0.25) is 0 Å². The Kier molecular flexibility index (Phi) is 5.24. The van der Waals surface area contributed by atoms with Crippen LogP contribution in [0.1, 0.15) is 62.3 Å². The minimum atomic E-state index is -1.17. The van der Waals surface area contributed by atoms with Crippen molar-refractivity contribution in [3.63, 3.8) is 0 Å². The number of hydrogen-bond donors (Lipinski definition) is 0. The van der Waals surface area contributed by atoms with Gasteiger partial charge in [0, 0.05) is 5.41 Å². The summed E-state index contributed by atoms with van der Waals surface area (Å²) < 4.78 is 5.50. The zero-order chi connectivity index (χ0) is 19.1. The van der Waals surface area contributed by atoms with Crippen molar-refractivity contribution in [2.24, 2.45) is 5.41 Å². The molecule has 0 bridgehead atoms. The lowest BCUT2D eigenvalue weighted by Crippen LogP contribution is -2.55. The molecule has 6 nitrogen and oxygen atoms in total. The van der Waals surface area contributed by atoms with Gasteiger partial charge >= 0.3 is 6.09 Å². The average molecular weight is 338 g/mol. The Hall–Kier alpha value is -1.85. The molecule has 1 saturated heterocycles. The van der Waals surface area contributed by atoms with E-state index in [1.165, 1.54) is 15.9 Å². The van der Waals surface area contributed by atoms with Crippen LogP contribution in [0.4, 0.5) is 4.79 Å². The van der Waals surface area contributed by atoms with E-state index in [1.54, 1.807) is 47.6 Å². The lowest BCUT2D eigenvalue weighted by molar-refractivity contribution is -0.144. The fourth-order valence-electron chi connectivity index (χ4n) is 2.79. The second kappa shape index (κ2) is 6.22. The SMILES string of the molecule is C/C=C/C(=O)N1C(=O)C(C)(C)N(C(=O)OC(C)(C)C)[C@@H]1C(C)(C)C. The summed E-state index contributed by atoms with van der Waals surface area (Å²) in [6.07, 6.45) is 1.60. The lowest BCUT2D eigenvalue weighted by Gasteiger charge is -2.41. The third-order valence-electron chi connectivity index (χ3n) is 3.75. The van der Waals surface area contributed by atoms with Crippen LogP contribution in [0.25, 0.3) is 0 Å². The van der Waals surface area contributed by atoms with Crippen LogP contribution in [-0.2, 0) is 14.3 Å². The first-order chi connectivity index (χ1) is 10.6. The molecule has 0 aromatic heterocycles. The van der Waals surface area contributed by atoms with Gasteiger partial charge in [0.1, 0.15) is 17.3 Å². The quantitative estimate of drug-likeness (QED) is 0.688. The van der Waals surface area contributed by atoms with Gasteiger partial charge in [-0.3, -0.25) is 19.4 Å². The maximum Gasteiger partial charge on any atom is 0.412 e. The Labute approximate surface area is 144 Å². The van der Waals surface area contributed by atoms with Crippen LogP contribution in [0.15, 0.2) is 12.2 Å². The molecule has 0 N–H and O–H groups in total. The molecule has 0 unspecified atom stereocenters. The molecule has 1 aliphatic heterocycles. The van der Waals surface area contributed by atoms with Gasteiger partial charge in [0.25, 0.3) is 11.8 Å². The van der Waals surface area contributed by atoms with Crippen molar-refractivity contribution in [1.29, 1.82) is 0 Å². The minimum absolute atomic E-state index is 0.406. The molecule has 1 heterocycles. The first-order valence-electron chi connectivity index (χ1n) is 8.17. The van der Waals surface area contributed by atoms with Gasteiger partial charge in [-0.15, -0.1) is 0 Å². The van der Waals surface area contributed by atoms with Crippen LogP contribution in [0.3, 0.4) is 0 Å². The summed E-state index contributed by atoms with van der Waals surface area (Å²) in [6, 6.07) is 0. The molecule has 0 saturated carbocycles. The molecule has 0 aromatic rings. The van der Waals surface area contributed by atoms with E-state index in [1.807, 2.05) is 20.8 Å². The molecule has 3 amide bonds. The van der Waals surface area contributed by atoms with Crippen molar-refractivity contribution in [2.75, 3.05) is 0 Å². The Morgan fingerprint density at radius 3 is 2.00 bits per heavy atom. The summed E-state index contributed by atoms with van der Waals surface area (Å²) in [7, 11) is 0. The molecule has 1 aliphatic rings. The first-order valence-corrected chi connectivity index (χ1v) is 8.17. The normalized spacial score (nSPS) is 21.5. The summed E-state index contributed by atoms with van der Waals surface area (Å²) in [6.45, 7) is 16.0. The predicted octanol–water partition coefficient (Wildman–Crippen LogP) is 3.32. The monoisotopic (exact) mass is 338 g/mol. The molecular weight excluding hydrogens is 308 g/mol. The van der Waals surface area contributed by atoms with Crippen molar-refractivity contribution in [3.8, 4) is 0 Å². The Morgan fingerprint density at radius 1 is 1.12 bits per heavy atom. The molecule has 0 aliphatic carbocycles. The number of rotatable bonds is 1. The molecule has 6 heteroatoms. The van der Waals surface area contributed by atoms with Crippen molar-refractivity contribution in [1.82, 2.24) is 9.80 Å². The van der Waals surface area contributed by atoms with E-state index in [2.05, 4.69) is 0 Å². The second-order valence-electron chi connectivity index (χ2n) is 8.66. The number of nitrogens with zero attached hydrogens (tertiary/aromatic N) is 2. The van der Waals surface area contributed by atoms with Gasteiger partial charge in [-0.25, -0.2) is 4.79 Å². The van der Waals surface area contributed by atoms with E-state index in [0.717, 1.165) is 0 Å². The van der Waals surface area contributed by atoms with Gasteiger partial charge in [0.15, 0.2) is 0 Å². The highest BCUT2D eigenvalue weighted by Gasteiger charge is 2.60. The van der Waals surface area contributed by atoms with Crippen molar-refractivity contribution in [2.45, 2.75) is 79.6 Å². The fourth-order valence-corrected chi connectivity index (χ4v) is 2.79. The number of allylic oxidation sites excluding steroid dienone is 1. The van der Waals surface area contributed by atoms with Crippen LogP contribution in [0.2, 0.25) is 0 Å². The molecule has 1 atom stereocenters. The smallest absolute Gasteiger partial charge is 0.412 e. The van der Waals surface area contributed by atoms with E-state index in [4.69, 9.17) is 4.74 Å². The molecule has 0 radical (unpaired) electrons. The van der Waals surface area contributed by atoms with E-state index in [0.29, 0.717) is 0 Å². The average Bonchev–Trinajstić information content (AvgIpc) is 2.55. The molecule has 1 rings (SSSR count). The Morgan fingerprint density at radius 2 is 1.62 bits per heavy atom. The Balaban J connectivity index is 3.46. The maximum absolute atomic E-state index is 12.9. The highest BCUT2D eigenvalue weighted by atomic mass is 16.6. The largest absolute Gasteiger partial charge is 0.444 e. The van der Waals surface area contributed by atoms with Gasteiger partial charge in [0.05, 0.1) is 0 Å². The number of amides is 3. The molecule has 136 valence electrons. The van der Waals surface area contributed by atoms with Crippen LogP contribution >= 0.6 is 0 Å². The van der Waals surface area contributed by atoms with Crippen LogP contribution in [0, 0.1) is 5.41 Å². The zero-order valence-corrected chi connectivity index (χ0v) is 16.3. The van der Waals surface area contributed by atoms with Crippen LogP contribution < -0.4 is 0 Å². The summed E-state index contributed by atoms with van der Waals surface area (Å²) >= 11 is 0. The van der Waals surface area contributed by atoms with Gasteiger partial charge in [-0.05, 0) is 47.6 Å². The van der Waals surface area contributed by atoms with Gasteiger partial charge in [-0.1, -0.05) is 26.8 Å². The third-order valence-corrected chi connectivity index (χ3v) is 3.75. The number of imide groups is 1. The highest BCUT2D eigenvalue weighted by molar-refractivity contribution is 6.07. The van der Waals surface area contributed by atoms with Crippen LogP contribution in [0.5, 0.6) is 0 Å². The first kappa shape index (κ1) is 20.2. The number of ether oxygens (including phenoxy) is 1. The predicted molar refractivity (Wildman–Crippen MR) is 92.1 cm³/mol. The van der Waals surface area contributed by atoms with E-state index in [-0.39, 0.29) is 0 Å². The highest BCUT2D eigenvalue weighted by Crippen LogP contribution is 2.40. The molecule has 0 aromatic carbocycles. The third kappa shape index (κ3) is 3.79. The summed E-state index contributed by atoms with van der Waals surface area (Å²) in [5.74, 6) is -0.835. The fraction of sp³-hybridized carbons (Fsp3) is 0.722. The summed E-state index contributed by atoms with van der Waals surface area (Å²) in [5, 5.41) is 0. The zero-order valence-electron chi connectivity index (χ0n) is 16.3. The molecular formula is C18H30N2O4. The topological polar surface area (TPSA) is 66.9 Å². The lowest BCUT2D eigenvalue weighted by atomic mass is 9.90. The van der Waals surface area contributed by atoms with Crippen molar-refractivity contribution >= 4 is 17.9 Å². The van der Waals surface area contributed by atoms with Crippen molar-refractivity contribution < 1.29 is 19.1 Å². The molecule has 24 heavy (non-hydrogen) atoms. The number of hydrogen-bond acceptors (Lipinski definition) is 4. The molecule has 1 fully saturated rings. The standard InChI is InChI=1S/C18H30N2O4/c1-10-11-12(21)19-13(16(2,3)4)20(18(8,9)14(19)22)15(23)24-17(5,6)7/h10-11,13H,1-9H3/b11-10+/t13-/m1/s1. The van der Waals surface area contributed by atoms with Crippen LogP contribution in [-0.4, -0.2) is 45.0 Å². The molecule has 0 spiro atoms. The number of carbonyl (C=O) groups is 3. The van der Waals surface area contributed by atoms with E-state index in [9.17, 15) is 14.4 Å². The summed E-state index contributed by atoms with van der Waals surface area (Å²) in [5.41, 5.74) is -2.39. The van der Waals surface area contributed by atoms with Crippen molar-refractivity contribution in [3.05, 3.63) is 12.2 Å². The summed E-state index contributed by atoms with van der Waals surface area (Å²) in [4.78, 5) is 40.8.